The molecule has 1 aliphatic rings. The fourth-order valence-corrected chi connectivity index (χ4v) is 2.73. The summed E-state index contributed by atoms with van der Waals surface area (Å²) in [6.45, 7) is 2.06. The average molecular weight is 412 g/mol. The fourth-order valence-electron chi connectivity index (χ4n) is 2.73. The van der Waals surface area contributed by atoms with Gasteiger partial charge in [0.25, 0.3) is 0 Å². The van der Waals surface area contributed by atoms with Gasteiger partial charge in [0.2, 0.25) is 0 Å². The highest BCUT2D eigenvalue weighted by atomic mass is 16.4. The van der Waals surface area contributed by atoms with Crippen LogP contribution >= 0.6 is 0 Å². The van der Waals surface area contributed by atoms with Crippen LogP contribution in [0.25, 0.3) is 0 Å². The number of rotatable bonds is 5. The lowest BCUT2D eigenvalue weighted by Crippen LogP contribution is -2.29. The van der Waals surface area contributed by atoms with E-state index in [0.29, 0.717) is 0 Å². The molecule has 156 valence electrons. The molecular weight excluding hydrogens is 386 g/mol. The Morgan fingerprint density at radius 1 is 0.613 bits per heavy atom. The molecule has 0 saturated carbocycles. The van der Waals surface area contributed by atoms with E-state index in [1.807, 2.05) is 126 Å². The molecule has 0 spiro atoms. The minimum absolute atomic E-state index is 0.0555. The number of nitrogens with zero attached hydrogens (tertiary/aromatic N) is 5. The Morgan fingerprint density at radius 3 is 1.32 bits per heavy atom. The summed E-state index contributed by atoms with van der Waals surface area (Å²) in [5.74, 6) is 0. The van der Waals surface area contributed by atoms with Crippen LogP contribution in [-0.4, -0.2) is 40.0 Å². The quantitative estimate of drug-likeness (QED) is 0.366. The molecule has 0 fully saturated rings. The molecule has 3 aromatic rings. The van der Waals surface area contributed by atoms with Gasteiger partial charge in [-0.3, -0.25) is 0 Å². The van der Waals surface area contributed by atoms with E-state index in [1.165, 1.54) is 6.21 Å². The molecule has 0 atom stereocenters. The highest BCUT2D eigenvalue weighted by Gasteiger charge is 2.20. The molecule has 0 amide bonds. The number of benzene rings is 3. The number of oxime groups is 1. The van der Waals surface area contributed by atoms with Crippen molar-refractivity contribution < 1.29 is 5.21 Å². The fraction of sp³-hybridized carbons (Fsp3) is 0.0800. The molecule has 31 heavy (non-hydrogen) atoms. The van der Waals surface area contributed by atoms with Crippen molar-refractivity contribution in [1.82, 2.24) is 10.0 Å². The minimum Gasteiger partial charge on any atom is -0.411 e. The van der Waals surface area contributed by atoms with Gasteiger partial charge >= 0.3 is 0 Å². The first kappa shape index (κ1) is 21.5. The largest absolute Gasteiger partial charge is 0.411 e. The topological polar surface area (TPSA) is 63.8 Å². The van der Waals surface area contributed by atoms with Crippen molar-refractivity contribution >= 4 is 18.6 Å². The zero-order chi connectivity index (χ0) is 21.7. The van der Waals surface area contributed by atoms with Gasteiger partial charge in [-0.2, -0.15) is 10.2 Å². The highest BCUT2D eigenvalue weighted by Crippen LogP contribution is 2.16. The summed E-state index contributed by atoms with van der Waals surface area (Å²) in [6, 6.07) is 29.5. The Balaban J connectivity index is 0.000000254. The van der Waals surface area contributed by atoms with Gasteiger partial charge in [0.05, 0.1) is 18.6 Å². The van der Waals surface area contributed by atoms with Crippen molar-refractivity contribution in [3.8, 4) is 0 Å². The van der Waals surface area contributed by atoms with Gasteiger partial charge in [0.15, 0.2) is 0 Å². The normalized spacial score (nSPS) is 15.7. The summed E-state index contributed by atoms with van der Waals surface area (Å²) >= 11 is 0. The minimum atomic E-state index is 0.0555. The molecule has 0 aromatic heterocycles. The Kier molecular flexibility index (Phi) is 8.14. The maximum Gasteiger partial charge on any atom is 0.140 e. The van der Waals surface area contributed by atoms with Gasteiger partial charge < -0.3 is 5.21 Å². The molecule has 0 radical (unpaired) electrons. The highest BCUT2D eigenvalue weighted by molar-refractivity contribution is 5.80. The molecular formula is C25H25N5O. The third-order valence-corrected chi connectivity index (χ3v) is 4.42. The first-order valence-corrected chi connectivity index (χ1v) is 9.92. The van der Waals surface area contributed by atoms with Crippen LogP contribution in [0.2, 0.25) is 0 Å². The lowest BCUT2D eigenvalue weighted by Gasteiger charge is -2.22. The monoisotopic (exact) mass is 411 g/mol. The molecule has 4 rings (SSSR count). The SMILES string of the molecule is CC1N(N=Cc2ccccc2)C=CN1N=Cc1ccccc1.ON=Cc1ccccc1. The second kappa shape index (κ2) is 11.7. The van der Waals surface area contributed by atoms with Crippen molar-refractivity contribution in [2.24, 2.45) is 15.4 Å². The first-order valence-electron chi connectivity index (χ1n) is 9.92. The molecule has 6 heteroatoms. The van der Waals surface area contributed by atoms with Crippen LogP contribution in [0.15, 0.2) is 119 Å². The standard InChI is InChI=1S/C18H18N4.C7H7NO/c1-16-21(19-14-17-8-4-2-5-9-17)12-13-22(16)20-15-18-10-6-3-7-11-18;9-8-6-7-4-2-1-3-5-7/h2-16H,1H3;1-6,9H. The van der Waals surface area contributed by atoms with Gasteiger partial charge in [0.1, 0.15) is 6.17 Å². The molecule has 3 aromatic carbocycles. The third-order valence-electron chi connectivity index (χ3n) is 4.42. The summed E-state index contributed by atoms with van der Waals surface area (Å²) < 4.78 is 0. The summed E-state index contributed by atoms with van der Waals surface area (Å²) in [5, 5.41) is 23.7. The van der Waals surface area contributed by atoms with E-state index in [9.17, 15) is 0 Å². The maximum absolute atomic E-state index is 8.09. The van der Waals surface area contributed by atoms with Gasteiger partial charge in [-0.1, -0.05) is 96.2 Å². The van der Waals surface area contributed by atoms with Crippen LogP contribution in [-0.2, 0) is 0 Å². The van der Waals surface area contributed by atoms with Crippen molar-refractivity contribution in [2.75, 3.05) is 0 Å². The first-order chi connectivity index (χ1) is 15.3. The predicted octanol–water partition coefficient (Wildman–Crippen LogP) is 4.98. The molecule has 0 unspecified atom stereocenters. The number of hydrogen-bond acceptors (Lipinski definition) is 6. The van der Waals surface area contributed by atoms with Crippen LogP contribution in [0.5, 0.6) is 0 Å². The molecule has 1 aliphatic heterocycles. The molecule has 6 nitrogen and oxygen atoms in total. The summed E-state index contributed by atoms with van der Waals surface area (Å²) in [5.41, 5.74) is 3.06. The van der Waals surface area contributed by atoms with E-state index in [0.717, 1.165) is 16.7 Å². The molecule has 1 heterocycles. The van der Waals surface area contributed by atoms with Crippen molar-refractivity contribution in [1.29, 1.82) is 0 Å². The third kappa shape index (κ3) is 6.97. The smallest absolute Gasteiger partial charge is 0.140 e. The van der Waals surface area contributed by atoms with Crippen molar-refractivity contribution in [3.05, 3.63) is 120 Å². The Hall–Kier alpha value is -4.19. The zero-order valence-corrected chi connectivity index (χ0v) is 17.3. The van der Waals surface area contributed by atoms with Gasteiger partial charge in [0, 0.05) is 12.4 Å². The second-order valence-electron chi connectivity index (χ2n) is 6.66. The zero-order valence-electron chi connectivity index (χ0n) is 17.3. The Bertz CT molecular complexity index is 958. The predicted molar refractivity (Wildman–Crippen MR) is 126 cm³/mol. The maximum atomic E-state index is 8.09. The molecule has 0 saturated heterocycles. The van der Waals surface area contributed by atoms with Crippen LogP contribution in [0.3, 0.4) is 0 Å². The Morgan fingerprint density at radius 2 is 0.968 bits per heavy atom. The summed E-state index contributed by atoms with van der Waals surface area (Å²) in [7, 11) is 0. The van der Waals surface area contributed by atoms with Crippen molar-refractivity contribution in [3.63, 3.8) is 0 Å². The van der Waals surface area contributed by atoms with E-state index >= 15 is 0 Å². The van der Waals surface area contributed by atoms with E-state index < -0.39 is 0 Å². The van der Waals surface area contributed by atoms with Crippen LogP contribution in [0, 0.1) is 0 Å². The van der Waals surface area contributed by atoms with Gasteiger partial charge in [-0.05, 0) is 23.6 Å². The lowest BCUT2D eigenvalue weighted by molar-refractivity contribution is 0.181. The summed E-state index contributed by atoms with van der Waals surface area (Å²) in [6.07, 6.45) is 9.00. The van der Waals surface area contributed by atoms with Crippen LogP contribution in [0.4, 0.5) is 0 Å². The van der Waals surface area contributed by atoms with E-state index in [-0.39, 0.29) is 6.17 Å². The van der Waals surface area contributed by atoms with E-state index in [4.69, 9.17) is 5.21 Å². The second-order valence-corrected chi connectivity index (χ2v) is 6.66. The molecule has 1 N–H and O–H groups in total. The Labute approximate surface area is 182 Å². The van der Waals surface area contributed by atoms with Gasteiger partial charge in [-0.15, -0.1) is 0 Å². The van der Waals surface area contributed by atoms with E-state index in [1.54, 1.807) is 0 Å². The van der Waals surface area contributed by atoms with Gasteiger partial charge in [-0.25, -0.2) is 10.0 Å². The van der Waals surface area contributed by atoms with Crippen LogP contribution in [0.1, 0.15) is 23.6 Å². The number of hydrogen-bond donors (Lipinski definition) is 1. The molecule has 0 aliphatic carbocycles. The van der Waals surface area contributed by atoms with Crippen LogP contribution < -0.4 is 0 Å². The average Bonchev–Trinajstić information content (AvgIpc) is 3.18. The molecule has 0 bridgehead atoms. The lowest BCUT2D eigenvalue weighted by atomic mass is 10.2. The van der Waals surface area contributed by atoms with Crippen molar-refractivity contribution in [2.45, 2.75) is 13.1 Å². The van der Waals surface area contributed by atoms with E-state index in [2.05, 4.69) is 22.3 Å². The summed E-state index contributed by atoms with van der Waals surface area (Å²) in [4.78, 5) is 0. The number of hydrazone groups is 2.